The van der Waals surface area contributed by atoms with E-state index in [0.717, 1.165) is 12.8 Å². The fraction of sp³-hybridized carbons (Fsp3) is 0.333. The van der Waals surface area contributed by atoms with E-state index in [2.05, 4.69) is 10.0 Å². The molecule has 2 amide bonds. The van der Waals surface area contributed by atoms with Gasteiger partial charge >= 0.3 is 0 Å². The van der Waals surface area contributed by atoms with Crippen molar-refractivity contribution in [3.63, 3.8) is 0 Å². The van der Waals surface area contributed by atoms with Gasteiger partial charge in [-0.25, -0.2) is 13.1 Å². The molecule has 1 aromatic rings. The summed E-state index contributed by atoms with van der Waals surface area (Å²) in [7, 11) is -3.77. The highest BCUT2D eigenvalue weighted by atomic mass is 35.5. The Kier molecular flexibility index (Phi) is 4.50. The van der Waals surface area contributed by atoms with E-state index in [0.29, 0.717) is 0 Å². The molecule has 7 nitrogen and oxygen atoms in total. The normalized spacial score (nSPS) is 14.7. The number of hydrogen-bond donors (Lipinski definition) is 3. The van der Waals surface area contributed by atoms with Crippen LogP contribution in [0, 0.1) is 0 Å². The van der Waals surface area contributed by atoms with Gasteiger partial charge in [-0.15, -0.1) is 0 Å². The lowest BCUT2D eigenvalue weighted by molar-refractivity contribution is -0.117. The van der Waals surface area contributed by atoms with Crippen molar-refractivity contribution in [2.45, 2.75) is 23.8 Å². The lowest BCUT2D eigenvalue weighted by Crippen LogP contribution is -2.33. The quantitative estimate of drug-likeness (QED) is 0.679. The highest BCUT2D eigenvalue weighted by Gasteiger charge is 2.29. The second kappa shape index (κ2) is 6.00. The van der Waals surface area contributed by atoms with E-state index >= 15 is 0 Å². The number of hydrogen-bond acceptors (Lipinski definition) is 4. The van der Waals surface area contributed by atoms with Gasteiger partial charge in [-0.1, -0.05) is 11.6 Å². The number of benzene rings is 1. The smallest absolute Gasteiger partial charge is 0.251 e. The predicted molar refractivity (Wildman–Crippen MR) is 76.3 cm³/mol. The molecule has 0 aromatic heterocycles. The molecule has 1 aromatic carbocycles. The first-order valence-electron chi connectivity index (χ1n) is 6.18. The molecule has 0 saturated heterocycles. The zero-order valence-corrected chi connectivity index (χ0v) is 12.5. The molecule has 9 heteroatoms. The van der Waals surface area contributed by atoms with Crippen molar-refractivity contribution < 1.29 is 18.0 Å². The van der Waals surface area contributed by atoms with Gasteiger partial charge in [-0.05, 0) is 31.0 Å². The largest absolute Gasteiger partial charge is 0.368 e. The summed E-state index contributed by atoms with van der Waals surface area (Å²) in [5.41, 5.74) is 5.00. The summed E-state index contributed by atoms with van der Waals surface area (Å²) >= 11 is 5.89. The second-order valence-electron chi connectivity index (χ2n) is 4.69. The maximum atomic E-state index is 12.1. The fourth-order valence-corrected chi connectivity index (χ4v) is 3.43. The van der Waals surface area contributed by atoms with Crippen molar-refractivity contribution in [2.24, 2.45) is 5.73 Å². The standard InChI is InChI=1S/C12H14ClN3O4S/c13-9-4-1-7(12(18)15-6-11(14)17)5-10(9)21(19,20)16-8-2-3-8/h1,4-5,8,16H,2-3,6H2,(H2,14,17)(H,15,18). The van der Waals surface area contributed by atoms with Gasteiger partial charge < -0.3 is 11.1 Å². The average Bonchev–Trinajstić information content (AvgIpc) is 3.19. The van der Waals surface area contributed by atoms with Crippen molar-refractivity contribution >= 4 is 33.4 Å². The lowest BCUT2D eigenvalue weighted by Gasteiger charge is -2.09. The van der Waals surface area contributed by atoms with Crippen LogP contribution in [0.1, 0.15) is 23.2 Å². The van der Waals surface area contributed by atoms with Crippen LogP contribution in [-0.2, 0) is 14.8 Å². The van der Waals surface area contributed by atoms with E-state index < -0.39 is 21.8 Å². The van der Waals surface area contributed by atoms with Crippen molar-refractivity contribution in [2.75, 3.05) is 6.54 Å². The van der Waals surface area contributed by atoms with Crippen molar-refractivity contribution in [3.8, 4) is 0 Å². The maximum Gasteiger partial charge on any atom is 0.251 e. The van der Waals surface area contributed by atoms with Crippen molar-refractivity contribution in [1.82, 2.24) is 10.0 Å². The van der Waals surface area contributed by atoms with E-state index in [1.54, 1.807) is 0 Å². The SMILES string of the molecule is NC(=O)CNC(=O)c1ccc(Cl)c(S(=O)(=O)NC2CC2)c1. The first kappa shape index (κ1) is 15.7. The van der Waals surface area contributed by atoms with Crippen LogP contribution >= 0.6 is 11.6 Å². The number of nitrogens with two attached hydrogens (primary N) is 1. The van der Waals surface area contributed by atoms with Gasteiger partial charge in [0.15, 0.2) is 0 Å². The van der Waals surface area contributed by atoms with Crippen molar-refractivity contribution in [1.29, 1.82) is 0 Å². The molecule has 0 aliphatic heterocycles. The Morgan fingerprint density at radius 1 is 1.33 bits per heavy atom. The summed E-state index contributed by atoms with van der Waals surface area (Å²) in [4.78, 5) is 22.3. The molecule has 1 aliphatic carbocycles. The first-order valence-corrected chi connectivity index (χ1v) is 8.04. The predicted octanol–water partition coefficient (Wildman–Crippen LogP) is -0.00420. The third-order valence-electron chi connectivity index (χ3n) is 2.81. The highest BCUT2D eigenvalue weighted by molar-refractivity contribution is 7.89. The van der Waals surface area contributed by atoms with E-state index in [4.69, 9.17) is 17.3 Å². The fourth-order valence-electron chi connectivity index (χ4n) is 1.60. The molecule has 0 bridgehead atoms. The van der Waals surface area contributed by atoms with Gasteiger partial charge in [0.2, 0.25) is 15.9 Å². The Bertz CT molecular complexity index is 686. The molecule has 21 heavy (non-hydrogen) atoms. The van der Waals surface area contributed by atoms with Gasteiger partial charge in [0.05, 0.1) is 11.6 Å². The van der Waals surface area contributed by atoms with Crippen LogP contribution in [0.5, 0.6) is 0 Å². The summed E-state index contributed by atoms with van der Waals surface area (Å²) < 4.78 is 26.8. The number of carbonyl (C=O) groups excluding carboxylic acids is 2. The molecule has 4 N–H and O–H groups in total. The third kappa shape index (κ3) is 4.16. The maximum absolute atomic E-state index is 12.1. The zero-order chi connectivity index (χ0) is 15.6. The van der Waals surface area contributed by atoms with Gasteiger partial charge in [0.25, 0.3) is 5.91 Å². The lowest BCUT2D eigenvalue weighted by atomic mass is 10.2. The summed E-state index contributed by atoms with van der Waals surface area (Å²) in [6.45, 7) is -0.329. The van der Waals surface area contributed by atoms with E-state index in [1.165, 1.54) is 18.2 Å². The molecular weight excluding hydrogens is 318 g/mol. The third-order valence-corrected chi connectivity index (χ3v) is 4.81. The van der Waals surface area contributed by atoms with E-state index in [-0.39, 0.29) is 28.1 Å². The summed E-state index contributed by atoms with van der Waals surface area (Å²) in [5.74, 6) is -1.30. The van der Waals surface area contributed by atoms with Crippen LogP contribution in [0.2, 0.25) is 5.02 Å². The molecule has 0 spiro atoms. The van der Waals surface area contributed by atoms with Crippen LogP contribution in [0.3, 0.4) is 0 Å². The number of sulfonamides is 1. The number of amides is 2. The van der Waals surface area contributed by atoms with E-state index in [9.17, 15) is 18.0 Å². The molecule has 1 fully saturated rings. The Morgan fingerprint density at radius 3 is 2.57 bits per heavy atom. The number of primary amides is 1. The van der Waals surface area contributed by atoms with Crippen LogP contribution < -0.4 is 15.8 Å². The van der Waals surface area contributed by atoms with Crippen LogP contribution in [0.4, 0.5) is 0 Å². The van der Waals surface area contributed by atoms with Gasteiger partial charge in [-0.3, -0.25) is 9.59 Å². The van der Waals surface area contributed by atoms with Crippen molar-refractivity contribution in [3.05, 3.63) is 28.8 Å². The molecule has 0 atom stereocenters. The molecule has 0 heterocycles. The minimum atomic E-state index is -3.77. The molecule has 1 aliphatic rings. The molecule has 2 rings (SSSR count). The molecule has 0 unspecified atom stereocenters. The molecular formula is C12H14ClN3O4S. The van der Waals surface area contributed by atoms with Crippen LogP contribution in [-0.4, -0.2) is 32.8 Å². The average molecular weight is 332 g/mol. The number of rotatable bonds is 6. The Hall–Kier alpha value is -1.64. The number of halogens is 1. The van der Waals surface area contributed by atoms with Gasteiger partial charge in [0, 0.05) is 11.6 Å². The summed E-state index contributed by atoms with van der Waals surface area (Å²) in [5, 5.41) is 2.30. The van der Waals surface area contributed by atoms with E-state index in [1.807, 2.05) is 0 Å². The van der Waals surface area contributed by atoms with Crippen LogP contribution in [0.15, 0.2) is 23.1 Å². The number of nitrogens with one attached hydrogen (secondary N) is 2. The summed E-state index contributed by atoms with van der Waals surface area (Å²) in [6.07, 6.45) is 1.57. The molecule has 1 saturated carbocycles. The summed E-state index contributed by atoms with van der Waals surface area (Å²) in [6, 6.07) is 3.79. The highest BCUT2D eigenvalue weighted by Crippen LogP contribution is 2.26. The Labute approximate surface area is 126 Å². The Morgan fingerprint density at radius 2 is 2.00 bits per heavy atom. The first-order chi connectivity index (χ1) is 9.79. The Balaban J connectivity index is 2.24. The monoisotopic (exact) mass is 331 g/mol. The second-order valence-corrected chi connectivity index (χ2v) is 6.78. The minimum Gasteiger partial charge on any atom is -0.368 e. The minimum absolute atomic E-state index is 0.0228. The van der Waals surface area contributed by atoms with Crippen LogP contribution in [0.25, 0.3) is 0 Å². The number of carbonyl (C=O) groups is 2. The molecule has 114 valence electrons. The molecule has 0 radical (unpaired) electrons. The topological polar surface area (TPSA) is 118 Å². The van der Waals surface area contributed by atoms with Gasteiger partial charge in [0.1, 0.15) is 4.90 Å². The zero-order valence-electron chi connectivity index (χ0n) is 10.9. The van der Waals surface area contributed by atoms with Gasteiger partial charge in [-0.2, -0.15) is 0 Å².